The molecule has 0 spiro atoms. The fourth-order valence-corrected chi connectivity index (χ4v) is 2.17. The molecule has 2 rings (SSSR count). The lowest BCUT2D eigenvalue weighted by Crippen LogP contribution is -2.35. The molecule has 0 unspecified atom stereocenters. The van der Waals surface area contributed by atoms with Gasteiger partial charge in [0.05, 0.1) is 0 Å². The largest absolute Gasteiger partial charge is 0.223 e. The highest BCUT2D eigenvalue weighted by molar-refractivity contribution is 7.81. The summed E-state index contributed by atoms with van der Waals surface area (Å²) < 4.78 is 2.05. The van der Waals surface area contributed by atoms with Gasteiger partial charge in [-0.2, -0.15) is 0 Å². The maximum Gasteiger partial charge on any atom is 0.223 e. The molecule has 1 heterocycles. The van der Waals surface area contributed by atoms with Crippen LogP contribution in [0.25, 0.3) is 0 Å². The fraction of sp³-hybridized carbons (Fsp3) is 0.143. The van der Waals surface area contributed by atoms with Crippen LogP contribution in [0.1, 0.15) is 16.8 Å². The van der Waals surface area contributed by atoms with Crippen molar-refractivity contribution in [1.82, 2.24) is 0 Å². The molecule has 0 amide bonds. The first-order valence-corrected chi connectivity index (χ1v) is 5.66. The van der Waals surface area contributed by atoms with E-state index in [0.29, 0.717) is 0 Å². The number of nitrogens with zero attached hydrogens (tertiary/aromatic N) is 1. The van der Waals surface area contributed by atoms with E-state index in [0.717, 1.165) is 16.1 Å². The van der Waals surface area contributed by atoms with Gasteiger partial charge in [0.2, 0.25) is 5.69 Å². The summed E-state index contributed by atoms with van der Waals surface area (Å²) in [6, 6.07) is 14.3. The SMILES string of the molecule is Cc1ccccc1C(=S)c1cccc[n+]1C. The zero-order valence-corrected chi connectivity index (χ0v) is 10.3. The van der Waals surface area contributed by atoms with E-state index in [-0.39, 0.29) is 0 Å². The summed E-state index contributed by atoms with van der Waals surface area (Å²) in [5.41, 5.74) is 3.43. The Morgan fingerprint density at radius 3 is 2.44 bits per heavy atom. The van der Waals surface area contributed by atoms with Crippen LogP contribution in [-0.2, 0) is 7.05 Å². The Morgan fingerprint density at radius 1 is 1.06 bits per heavy atom. The van der Waals surface area contributed by atoms with Crippen LogP contribution in [0.2, 0.25) is 0 Å². The lowest BCUT2D eigenvalue weighted by atomic mass is 10.0. The molecule has 0 aliphatic carbocycles. The van der Waals surface area contributed by atoms with E-state index in [1.165, 1.54) is 5.56 Å². The van der Waals surface area contributed by atoms with E-state index in [1.807, 2.05) is 37.5 Å². The predicted molar refractivity (Wildman–Crippen MR) is 69.6 cm³/mol. The molecule has 2 aromatic rings. The second-order valence-corrected chi connectivity index (χ2v) is 4.25. The van der Waals surface area contributed by atoms with E-state index < -0.39 is 0 Å². The Morgan fingerprint density at radius 2 is 1.75 bits per heavy atom. The molecule has 0 bridgehead atoms. The van der Waals surface area contributed by atoms with Gasteiger partial charge in [-0.25, -0.2) is 4.57 Å². The summed E-state index contributed by atoms with van der Waals surface area (Å²) in [4.78, 5) is 0.904. The van der Waals surface area contributed by atoms with Crippen LogP contribution >= 0.6 is 12.2 Å². The van der Waals surface area contributed by atoms with E-state index >= 15 is 0 Å². The normalized spacial score (nSPS) is 10.1. The maximum absolute atomic E-state index is 5.54. The summed E-state index contributed by atoms with van der Waals surface area (Å²) in [5, 5.41) is 0. The summed E-state index contributed by atoms with van der Waals surface area (Å²) in [6.07, 6.45) is 2.01. The molecule has 1 nitrogen and oxygen atoms in total. The number of pyridine rings is 1. The van der Waals surface area contributed by atoms with Crippen molar-refractivity contribution in [3.8, 4) is 0 Å². The third-order valence-corrected chi connectivity index (χ3v) is 3.11. The third kappa shape index (κ3) is 2.02. The molecule has 0 radical (unpaired) electrons. The van der Waals surface area contributed by atoms with Crippen LogP contribution in [0.4, 0.5) is 0 Å². The first-order chi connectivity index (χ1) is 7.70. The number of hydrogen-bond donors (Lipinski definition) is 0. The zero-order chi connectivity index (χ0) is 11.5. The van der Waals surface area contributed by atoms with Crippen molar-refractivity contribution < 1.29 is 4.57 Å². The fourth-order valence-electron chi connectivity index (χ4n) is 1.72. The first kappa shape index (κ1) is 11.0. The Kier molecular flexibility index (Phi) is 3.11. The Bertz CT molecular complexity index is 484. The number of rotatable bonds is 2. The molecule has 16 heavy (non-hydrogen) atoms. The van der Waals surface area contributed by atoms with Gasteiger partial charge in [0.1, 0.15) is 11.9 Å². The van der Waals surface area contributed by atoms with E-state index in [4.69, 9.17) is 12.2 Å². The number of benzene rings is 1. The van der Waals surface area contributed by atoms with E-state index in [9.17, 15) is 0 Å². The Labute approximate surface area is 101 Å². The molecular weight excluding hydrogens is 214 g/mol. The highest BCUT2D eigenvalue weighted by atomic mass is 32.1. The number of aryl methyl sites for hydroxylation is 2. The number of aromatic nitrogens is 1. The monoisotopic (exact) mass is 228 g/mol. The van der Waals surface area contributed by atoms with Crippen molar-refractivity contribution in [3.05, 3.63) is 65.5 Å². The lowest BCUT2D eigenvalue weighted by molar-refractivity contribution is -0.672. The van der Waals surface area contributed by atoms with Gasteiger partial charge in [-0.05, 0) is 18.6 Å². The molecular formula is C14H14NS+. The van der Waals surface area contributed by atoms with Crippen molar-refractivity contribution >= 4 is 17.1 Å². The minimum atomic E-state index is 0.904. The molecule has 0 saturated heterocycles. The molecule has 0 saturated carbocycles. The number of hydrogen-bond acceptors (Lipinski definition) is 1. The van der Waals surface area contributed by atoms with Gasteiger partial charge in [-0.3, -0.25) is 0 Å². The van der Waals surface area contributed by atoms with Gasteiger partial charge in [0.25, 0.3) is 0 Å². The molecule has 2 heteroatoms. The van der Waals surface area contributed by atoms with E-state index in [1.54, 1.807) is 0 Å². The second kappa shape index (κ2) is 4.54. The van der Waals surface area contributed by atoms with Crippen molar-refractivity contribution in [2.75, 3.05) is 0 Å². The molecule has 1 aromatic heterocycles. The van der Waals surface area contributed by atoms with Gasteiger partial charge in [-0.1, -0.05) is 36.5 Å². The highest BCUT2D eigenvalue weighted by Gasteiger charge is 2.14. The Hall–Kier alpha value is -1.54. The summed E-state index contributed by atoms with van der Waals surface area (Å²) in [5.74, 6) is 0. The molecule has 0 aliphatic heterocycles. The molecule has 80 valence electrons. The van der Waals surface area contributed by atoms with E-state index in [2.05, 4.69) is 29.7 Å². The highest BCUT2D eigenvalue weighted by Crippen LogP contribution is 2.12. The van der Waals surface area contributed by atoms with Crippen molar-refractivity contribution in [1.29, 1.82) is 0 Å². The average molecular weight is 228 g/mol. The molecule has 0 atom stereocenters. The van der Waals surface area contributed by atoms with Gasteiger partial charge in [0.15, 0.2) is 6.20 Å². The third-order valence-electron chi connectivity index (χ3n) is 2.68. The maximum atomic E-state index is 5.54. The lowest BCUT2D eigenvalue weighted by Gasteiger charge is -2.05. The summed E-state index contributed by atoms with van der Waals surface area (Å²) >= 11 is 5.54. The van der Waals surface area contributed by atoms with Gasteiger partial charge in [-0.15, -0.1) is 0 Å². The van der Waals surface area contributed by atoms with Crippen LogP contribution in [0.3, 0.4) is 0 Å². The van der Waals surface area contributed by atoms with Crippen LogP contribution in [0, 0.1) is 6.92 Å². The van der Waals surface area contributed by atoms with Crippen LogP contribution < -0.4 is 4.57 Å². The van der Waals surface area contributed by atoms with Crippen molar-refractivity contribution in [2.45, 2.75) is 6.92 Å². The van der Waals surface area contributed by atoms with Crippen LogP contribution in [-0.4, -0.2) is 4.86 Å². The molecule has 0 aliphatic rings. The van der Waals surface area contributed by atoms with Crippen molar-refractivity contribution in [3.63, 3.8) is 0 Å². The van der Waals surface area contributed by atoms with Crippen LogP contribution in [0.15, 0.2) is 48.7 Å². The van der Waals surface area contributed by atoms with Crippen molar-refractivity contribution in [2.24, 2.45) is 7.05 Å². The molecule has 0 fully saturated rings. The van der Waals surface area contributed by atoms with Crippen LogP contribution in [0.5, 0.6) is 0 Å². The van der Waals surface area contributed by atoms with Gasteiger partial charge in [0, 0.05) is 17.7 Å². The minimum Gasteiger partial charge on any atom is -0.200 e. The molecule has 1 aromatic carbocycles. The topological polar surface area (TPSA) is 3.88 Å². The first-order valence-electron chi connectivity index (χ1n) is 5.25. The van der Waals surface area contributed by atoms with Gasteiger partial charge < -0.3 is 0 Å². The average Bonchev–Trinajstić information content (AvgIpc) is 2.29. The summed E-state index contributed by atoms with van der Waals surface area (Å²) in [6.45, 7) is 2.09. The smallest absolute Gasteiger partial charge is 0.200 e. The predicted octanol–water partition coefficient (Wildman–Crippen LogP) is 2.59. The minimum absolute atomic E-state index is 0.904. The summed E-state index contributed by atoms with van der Waals surface area (Å²) in [7, 11) is 2.01. The second-order valence-electron chi connectivity index (χ2n) is 3.84. The zero-order valence-electron chi connectivity index (χ0n) is 9.47. The standard InChI is InChI=1S/C14H14NS/c1-11-7-3-4-8-12(11)14(16)13-9-5-6-10-15(13)2/h3-10H,1-2H3/q+1. The molecule has 0 N–H and O–H groups in total. The Balaban J connectivity index is 2.48. The quantitative estimate of drug-likeness (QED) is 0.434. The number of thiocarbonyl (C=S) groups is 1. The van der Waals surface area contributed by atoms with Gasteiger partial charge >= 0.3 is 0 Å².